The van der Waals surface area contributed by atoms with E-state index in [2.05, 4.69) is 10.0 Å². The van der Waals surface area contributed by atoms with Gasteiger partial charge in [0.2, 0.25) is 0 Å². The normalized spacial score (nSPS) is 41.9. The zero-order chi connectivity index (χ0) is 13.1. The third-order valence-electron chi connectivity index (χ3n) is 2.69. The molecule has 17 heavy (non-hydrogen) atoms. The summed E-state index contributed by atoms with van der Waals surface area (Å²) in [6.07, 6.45) is -6.40. The van der Waals surface area contributed by atoms with E-state index in [0.29, 0.717) is 0 Å². The van der Waals surface area contributed by atoms with Crippen LogP contribution in [0.3, 0.4) is 0 Å². The first kappa shape index (κ1) is 14.1. The number of azide groups is 1. The van der Waals surface area contributed by atoms with E-state index < -0.39 is 36.8 Å². The first-order valence-corrected chi connectivity index (χ1v) is 5.02. The minimum Gasteiger partial charge on any atom is -0.394 e. The van der Waals surface area contributed by atoms with E-state index in [0.717, 1.165) is 0 Å². The standard InChI is InChI=1S/C8H15N3O6/c9-11-10-2-1-8(16)7(15)6(14)5(13)4(3-12)17-8/h4-7,12-16H,1-3H2/t4-,5-,6+,7-,8-/m1/s1. The Kier molecular flexibility index (Phi) is 4.66. The summed E-state index contributed by atoms with van der Waals surface area (Å²) in [7, 11) is 0. The maximum atomic E-state index is 9.92. The van der Waals surface area contributed by atoms with Gasteiger partial charge in [-0.05, 0) is 5.53 Å². The molecule has 1 aliphatic heterocycles. The van der Waals surface area contributed by atoms with E-state index in [9.17, 15) is 20.4 Å². The molecule has 1 rings (SSSR count). The summed E-state index contributed by atoms with van der Waals surface area (Å²) in [5.74, 6) is -2.17. The van der Waals surface area contributed by atoms with Crippen molar-refractivity contribution in [3.63, 3.8) is 0 Å². The van der Waals surface area contributed by atoms with E-state index in [1.54, 1.807) is 0 Å². The lowest BCUT2D eigenvalue weighted by molar-refractivity contribution is -0.350. The van der Waals surface area contributed by atoms with Gasteiger partial charge < -0.3 is 30.3 Å². The van der Waals surface area contributed by atoms with E-state index in [1.165, 1.54) is 0 Å². The Hall–Kier alpha value is -0.930. The highest BCUT2D eigenvalue weighted by atomic mass is 16.7. The number of ether oxygens (including phenoxy) is 1. The molecule has 98 valence electrons. The van der Waals surface area contributed by atoms with Crippen molar-refractivity contribution in [3.05, 3.63) is 10.4 Å². The largest absolute Gasteiger partial charge is 0.394 e. The Bertz CT molecular complexity index is 308. The molecule has 1 fully saturated rings. The van der Waals surface area contributed by atoms with E-state index in [4.69, 9.17) is 15.4 Å². The highest BCUT2D eigenvalue weighted by Crippen LogP contribution is 2.30. The van der Waals surface area contributed by atoms with Crippen molar-refractivity contribution in [2.75, 3.05) is 13.2 Å². The highest BCUT2D eigenvalue weighted by Gasteiger charge is 2.51. The van der Waals surface area contributed by atoms with Gasteiger partial charge in [-0.25, -0.2) is 0 Å². The Morgan fingerprint density at radius 3 is 2.47 bits per heavy atom. The van der Waals surface area contributed by atoms with Gasteiger partial charge in [-0.15, -0.1) is 0 Å². The van der Waals surface area contributed by atoms with Gasteiger partial charge in [-0.3, -0.25) is 0 Å². The van der Waals surface area contributed by atoms with Crippen LogP contribution in [-0.2, 0) is 4.74 Å². The number of hydrogen-bond donors (Lipinski definition) is 5. The predicted octanol–water partition coefficient (Wildman–Crippen LogP) is -2.15. The molecule has 0 bridgehead atoms. The molecular weight excluding hydrogens is 234 g/mol. The van der Waals surface area contributed by atoms with Crippen LogP contribution in [0.25, 0.3) is 10.4 Å². The average Bonchev–Trinajstić information content (AvgIpc) is 2.32. The van der Waals surface area contributed by atoms with Gasteiger partial charge >= 0.3 is 0 Å². The van der Waals surface area contributed by atoms with Crippen molar-refractivity contribution < 1.29 is 30.3 Å². The lowest BCUT2D eigenvalue weighted by Crippen LogP contribution is -2.65. The number of rotatable bonds is 4. The Morgan fingerprint density at radius 1 is 1.29 bits per heavy atom. The van der Waals surface area contributed by atoms with E-state index >= 15 is 0 Å². The summed E-state index contributed by atoms with van der Waals surface area (Å²) in [6.45, 7) is -0.792. The second-order valence-corrected chi connectivity index (χ2v) is 3.81. The van der Waals surface area contributed by atoms with Crippen LogP contribution in [0.5, 0.6) is 0 Å². The molecule has 9 heteroatoms. The SMILES string of the molecule is [N-]=[N+]=NCC[C@@]1(O)O[C@H](CO)[C@@H](O)[C@H](O)[C@H]1O. The lowest BCUT2D eigenvalue weighted by Gasteiger charge is -2.45. The first-order chi connectivity index (χ1) is 7.96. The minimum atomic E-state index is -2.17. The van der Waals surface area contributed by atoms with Gasteiger partial charge in [-0.2, -0.15) is 0 Å². The van der Waals surface area contributed by atoms with Crippen molar-refractivity contribution in [3.8, 4) is 0 Å². The fourth-order valence-electron chi connectivity index (χ4n) is 1.68. The predicted molar refractivity (Wildman–Crippen MR) is 53.6 cm³/mol. The zero-order valence-electron chi connectivity index (χ0n) is 8.92. The van der Waals surface area contributed by atoms with Crippen molar-refractivity contribution in [1.29, 1.82) is 0 Å². The third kappa shape index (κ3) is 2.85. The summed E-state index contributed by atoms with van der Waals surface area (Å²) >= 11 is 0. The van der Waals surface area contributed by atoms with Crippen molar-refractivity contribution in [1.82, 2.24) is 0 Å². The molecule has 0 aliphatic carbocycles. The van der Waals surface area contributed by atoms with Crippen LogP contribution >= 0.6 is 0 Å². The Labute approximate surface area is 96.5 Å². The van der Waals surface area contributed by atoms with Gasteiger partial charge in [0.1, 0.15) is 24.4 Å². The summed E-state index contributed by atoms with van der Waals surface area (Å²) < 4.78 is 4.93. The highest BCUT2D eigenvalue weighted by molar-refractivity contribution is 4.96. The smallest absolute Gasteiger partial charge is 0.195 e. The third-order valence-corrected chi connectivity index (χ3v) is 2.69. The van der Waals surface area contributed by atoms with Crippen LogP contribution in [0.4, 0.5) is 0 Å². The molecule has 0 saturated carbocycles. The molecule has 0 aromatic carbocycles. The fraction of sp³-hybridized carbons (Fsp3) is 1.00. The molecule has 5 atom stereocenters. The van der Waals surface area contributed by atoms with Crippen molar-refractivity contribution >= 4 is 0 Å². The molecule has 0 aromatic rings. The molecule has 9 nitrogen and oxygen atoms in total. The topological polar surface area (TPSA) is 159 Å². The minimum absolute atomic E-state index is 0.162. The second-order valence-electron chi connectivity index (χ2n) is 3.81. The van der Waals surface area contributed by atoms with Crippen LogP contribution in [0, 0.1) is 0 Å². The van der Waals surface area contributed by atoms with Crippen LogP contribution in [-0.4, -0.2) is 68.9 Å². The first-order valence-electron chi connectivity index (χ1n) is 5.02. The van der Waals surface area contributed by atoms with Gasteiger partial charge in [0.05, 0.1) is 6.61 Å². The number of hydrogen-bond acceptors (Lipinski definition) is 7. The maximum Gasteiger partial charge on any atom is 0.195 e. The Balaban J connectivity index is 2.79. The van der Waals surface area contributed by atoms with E-state index in [1.807, 2.05) is 0 Å². The van der Waals surface area contributed by atoms with Crippen LogP contribution < -0.4 is 0 Å². The number of aliphatic hydroxyl groups excluding tert-OH is 4. The quantitative estimate of drug-likeness (QED) is 0.217. The van der Waals surface area contributed by atoms with Crippen molar-refractivity contribution in [2.24, 2.45) is 5.11 Å². The maximum absolute atomic E-state index is 9.92. The molecule has 1 heterocycles. The number of aliphatic hydroxyl groups is 5. The molecule has 0 radical (unpaired) electrons. The monoisotopic (exact) mass is 249 g/mol. The molecule has 1 saturated heterocycles. The summed E-state index contributed by atoms with van der Waals surface area (Å²) in [5, 5.41) is 50.5. The average molecular weight is 249 g/mol. The number of nitrogens with zero attached hydrogens (tertiary/aromatic N) is 3. The van der Waals surface area contributed by atoms with Gasteiger partial charge in [0.15, 0.2) is 5.79 Å². The van der Waals surface area contributed by atoms with Gasteiger partial charge in [0.25, 0.3) is 0 Å². The molecule has 1 aliphatic rings. The molecule has 0 aromatic heterocycles. The summed E-state index contributed by atoms with van der Waals surface area (Å²) in [5.41, 5.74) is 8.08. The summed E-state index contributed by atoms with van der Waals surface area (Å²) in [4.78, 5) is 2.46. The lowest BCUT2D eigenvalue weighted by atomic mass is 9.91. The molecule has 0 amide bonds. The fourth-order valence-corrected chi connectivity index (χ4v) is 1.68. The molecular formula is C8H15N3O6. The summed E-state index contributed by atoms with van der Waals surface area (Å²) in [6, 6.07) is 0. The Morgan fingerprint density at radius 2 is 1.94 bits per heavy atom. The van der Waals surface area contributed by atoms with Crippen LogP contribution in [0.1, 0.15) is 6.42 Å². The van der Waals surface area contributed by atoms with Gasteiger partial charge in [-0.1, -0.05) is 5.11 Å². The zero-order valence-corrected chi connectivity index (χ0v) is 8.92. The van der Waals surface area contributed by atoms with Crippen LogP contribution in [0.15, 0.2) is 5.11 Å². The molecule has 0 spiro atoms. The molecule has 0 unspecified atom stereocenters. The molecule has 5 N–H and O–H groups in total. The second kappa shape index (κ2) is 5.61. The van der Waals surface area contributed by atoms with Crippen molar-refractivity contribution in [2.45, 2.75) is 36.6 Å². The van der Waals surface area contributed by atoms with E-state index in [-0.39, 0.29) is 13.0 Å². The van der Waals surface area contributed by atoms with Crippen LogP contribution in [0.2, 0.25) is 0 Å². The van der Waals surface area contributed by atoms with Gasteiger partial charge in [0, 0.05) is 17.9 Å².